The van der Waals surface area contributed by atoms with Crippen LogP contribution in [-0.2, 0) is 24.0 Å². The summed E-state index contributed by atoms with van der Waals surface area (Å²) in [6.45, 7) is 1.04. The van der Waals surface area contributed by atoms with Gasteiger partial charge < -0.3 is 37.2 Å². The molecule has 4 amide bonds. The topological polar surface area (TPSA) is 205 Å². The van der Waals surface area contributed by atoms with Crippen molar-refractivity contribution in [3.05, 3.63) is 0 Å². The van der Waals surface area contributed by atoms with Gasteiger partial charge in [0.05, 0.1) is 19.1 Å². The van der Waals surface area contributed by atoms with Gasteiger partial charge in [-0.2, -0.15) is 0 Å². The van der Waals surface area contributed by atoms with Crippen LogP contribution in [0, 0.1) is 0 Å². The molecule has 4 atom stereocenters. The first-order valence-corrected chi connectivity index (χ1v) is 8.37. The number of nitrogens with two attached hydrogens (primary N) is 2. The maximum Gasteiger partial charge on any atom is 0.326 e. The molecule has 0 aliphatic carbocycles. The van der Waals surface area contributed by atoms with Crippen LogP contribution in [0.3, 0.4) is 0 Å². The lowest BCUT2D eigenvalue weighted by Gasteiger charge is -2.23. The van der Waals surface area contributed by atoms with E-state index in [1.54, 1.807) is 0 Å². The predicted molar refractivity (Wildman–Crippen MR) is 90.8 cm³/mol. The lowest BCUT2D eigenvalue weighted by Crippen LogP contribution is -2.56. The standard InChI is InChI=1S/C15H25N5O7/c1-7(21)12(17)14(25)19-8(5-10(16)22)13(24)18-6-11(23)20-4-2-3-9(20)15(26)27/h7-9,12,21H,2-6,17H2,1H3,(H2,16,22)(H,18,24)(H,19,25)(H,26,27). The molecule has 0 aromatic rings. The molecule has 1 saturated heterocycles. The predicted octanol–water partition coefficient (Wildman–Crippen LogP) is -3.75. The number of carboxylic acids is 1. The van der Waals surface area contributed by atoms with E-state index in [0.717, 1.165) is 4.90 Å². The minimum absolute atomic E-state index is 0.260. The Labute approximate surface area is 155 Å². The summed E-state index contributed by atoms with van der Waals surface area (Å²) in [7, 11) is 0. The van der Waals surface area contributed by atoms with Gasteiger partial charge in [-0.1, -0.05) is 0 Å². The maximum absolute atomic E-state index is 12.2. The van der Waals surface area contributed by atoms with Crippen LogP contribution in [0.1, 0.15) is 26.2 Å². The highest BCUT2D eigenvalue weighted by atomic mass is 16.4. The molecule has 0 saturated carbocycles. The Bertz CT molecular complexity index is 609. The molecule has 27 heavy (non-hydrogen) atoms. The number of primary amides is 1. The third kappa shape index (κ3) is 6.49. The van der Waals surface area contributed by atoms with Gasteiger partial charge in [-0.05, 0) is 19.8 Å². The number of carboxylic acid groups (broad SMARTS) is 1. The van der Waals surface area contributed by atoms with E-state index in [2.05, 4.69) is 10.6 Å². The zero-order valence-electron chi connectivity index (χ0n) is 14.9. The highest BCUT2D eigenvalue weighted by Gasteiger charge is 2.34. The summed E-state index contributed by atoms with van der Waals surface area (Å²) in [6.07, 6.45) is -0.868. The van der Waals surface area contributed by atoms with E-state index in [-0.39, 0.29) is 6.54 Å². The third-order valence-electron chi connectivity index (χ3n) is 4.13. The van der Waals surface area contributed by atoms with E-state index in [1.807, 2.05) is 0 Å². The van der Waals surface area contributed by atoms with E-state index in [9.17, 15) is 29.1 Å². The minimum Gasteiger partial charge on any atom is -0.480 e. The molecule has 1 heterocycles. The van der Waals surface area contributed by atoms with E-state index >= 15 is 0 Å². The average molecular weight is 387 g/mol. The number of aliphatic carboxylic acids is 1. The van der Waals surface area contributed by atoms with Gasteiger partial charge >= 0.3 is 5.97 Å². The molecule has 1 aliphatic heterocycles. The Balaban J connectivity index is 2.68. The Morgan fingerprint density at radius 2 is 1.85 bits per heavy atom. The second-order valence-electron chi connectivity index (χ2n) is 6.30. The molecule has 0 radical (unpaired) electrons. The molecule has 8 N–H and O–H groups in total. The third-order valence-corrected chi connectivity index (χ3v) is 4.13. The average Bonchev–Trinajstić information content (AvgIpc) is 3.07. The minimum atomic E-state index is -1.39. The number of aliphatic hydroxyl groups is 1. The molecule has 1 aliphatic rings. The lowest BCUT2D eigenvalue weighted by molar-refractivity contribution is -0.148. The van der Waals surface area contributed by atoms with Gasteiger partial charge in [0.25, 0.3) is 0 Å². The fourth-order valence-electron chi connectivity index (χ4n) is 2.61. The molecule has 12 heteroatoms. The van der Waals surface area contributed by atoms with Gasteiger partial charge in [0.1, 0.15) is 18.1 Å². The fraction of sp³-hybridized carbons (Fsp3) is 0.667. The number of likely N-dealkylation sites (tertiary alicyclic amines) is 1. The molecule has 1 fully saturated rings. The van der Waals surface area contributed by atoms with Crippen LogP contribution in [0.25, 0.3) is 0 Å². The van der Waals surface area contributed by atoms with Gasteiger partial charge in [0, 0.05) is 6.54 Å². The zero-order chi connectivity index (χ0) is 20.7. The maximum atomic E-state index is 12.2. The van der Waals surface area contributed by atoms with Crippen molar-refractivity contribution in [1.29, 1.82) is 0 Å². The molecule has 152 valence electrons. The SMILES string of the molecule is CC(O)C(N)C(=O)NC(CC(N)=O)C(=O)NCC(=O)N1CCCC1C(=O)O. The Morgan fingerprint density at radius 3 is 2.37 bits per heavy atom. The largest absolute Gasteiger partial charge is 0.480 e. The summed E-state index contributed by atoms with van der Waals surface area (Å²) in [4.78, 5) is 59.6. The lowest BCUT2D eigenvalue weighted by atomic mass is 10.1. The van der Waals surface area contributed by atoms with Crippen molar-refractivity contribution < 1.29 is 34.2 Å². The van der Waals surface area contributed by atoms with E-state index in [4.69, 9.17) is 16.6 Å². The van der Waals surface area contributed by atoms with Gasteiger partial charge in [-0.15, -0.1) is 0 Å². The number of aliphatic hydroxyl groups excluding tert-OH is 1. The van der Waals surface area contributed by atoms with Crippen molar-refractivity contribution in [2.24, 2.45) is 11.5 Å². The Hall–Kier alpha value is -2.73. The van der Waals surface area contributed by atoms with Crippen LogP contribution in [0.4, 0.5) is 0 Å². The van der Waals surface area contributed by atoms with E-state index in [0.29, 0.717) is 12.8 Å². The molecular formula is C15H25N5O7. The number of hydrogen-bond donors (Lipinski definition) is 6. The molecule has 1 rings (SSSR count). The Kier molecular flexibility index (Phi) is 8.12. The molecule has 0 spiro atoms. The Morgan fingerprint density at radius 1 is 1.22 bits per heavy atom. The summed E-state index contributed by atoms with van der Waals surface area (Å²) in [5.74, 6) is -4.34. The highest BCUT2D eigenvalue weighted by Crippen LogP contribution is 2.17. The summed E-state index contributed by atoms with van der Waals surface area (Å²) in [5, 5.41) is 22.8. The summed E-state index contributed by atoms with van der Waals surface area (Å²) < 4.78 is 0. The second-order valence-corrected chi connectivity index (χ2v) is 6.30. The highest BCUT2D eigenvalue weighted by molar-refractivity contribution is 5.95. The molecule has 0 bridgehead atoms. The van der Waals surface area contributed by atoms with E-state index in [1.165, 1.54) is 6.92 Å². The smallest absolute Gasteiger partial charge is 0.326 e. The number of nitrogens with one attached hydrogen (secondary N) is 2. The van der Waals surface area contributed by atoms with Crippen molar-refractivity contribution in [2.45, 2.75) is 50.4 Å². The number of carbonyl (C=O) groups is 5. The number of carbonyl (C=O) groups excluding carboxylic acids is 4. The van der Waals surface area contributed by atoms with Gasteiger partial charge in [0.15, 0.2) is 0 Å². The first-order chi connectivity index (χ1) is 12.5. The monoisotopic (exact) mass is 387 g/mol. The van der Waals surface area contributed by atoms with Crippen molar-refractivity contribution in [3.8, 4) is 0 Å². The molecule has 12 nitrogen and oxygen atoms in total. The zero-order valence-corrected chi connectivity index (χ0v) is 14.9. The number of rotatable bonds is 9. The summed E-state index contributed by atoms with van der Waals surface area (Å²) in [5.41, 5.74) is 10.5. The molecule has 0 aromatic carbocycles. The van der Waals surface area contributed by atoms with Crippen LogP contribution >= 0.6 is 0 Å². The van der Waals surface area contributed by atoms with Crippen LogP contribution in [0.5, 0.6) is 0 Å². The quantitative estimate of drug-likeness (QED) is 0.231. The second kappa shape index (κ2) is 9.83. The molecule has 4 unspecified atom stereocenters. The number of nitrogens with zero attached hydrogens (tertiary/aromatic N) is 1. The molecule has 0 aromatic heterocycles. The first-order valence-electron chi connectivity index (χ1n) is 8.37. The van der Waals surface area contributed by atoms with Crippen molar-refractivity contribution in [2.75, 3.05) is 13.1 Å². The van der Waals surface area contributed by atoms with Crippen LogP contribution in [-0.4, -0.2) is 82.0 Å². The van der Waals surface area contributed by atoms with Crippen LogP contribution in [0.15, 0.2) is 0 Å². The van der Waals surface area contributed by atoms with E-state index < -0.39 is 66.8 Å². The van der Waals surface area contributed by atoms with Gasteiger partial charge in [-0.25, -0.2) is 4.79 Å². The van der Waals surface area contributed by atoms with Crippen LogP contribution in [0.2, 0.25) is 0 Å². The fourth-order valence-corrected chi connectivity index (χ4v) is 2.61. The van der Waals surface area contributed by atoms with Crippen molar-refractivity contribution in [3.63, 3.8) is 0 Å². The van der Waals surface area contributed by atoms with Crippen LogP contribution < -0.4 is 22.1 Å². The number of amides is 4. The van der Waals surface area contributed by atoms with Crippen molar-refractivity contribution >= 4 is 29.6 Å². The molecular weight excluding hydrogens is 362 g/mol. The van der Waals surface area contributed by atoms with Gasteiger partial charge in [0.2, 0.25) is 23.6 Å². The van der Waals surface area contributed by atoms with Gasteiger partial charge in [-0.3, -0.25) is 19.2 Å². The number of hydrogen-bond acceptors (Lipinski definition) is 7. The summed E-state index contributed by atoms with van der Waals surface area (Å²) in [6, 6.07) is -3.66. The summed E-state index contributed by atoms with van der Waals surface area (Å²) >= 11 is 0. The van der Waals surface area contributed by atoms with Crippen molar-refractivity contribution in [1.82, 2.24) is 15.5 Å². The normalized spacial score (nSPS) is 19.7. The first kappa shape index (κ1) is 22.3.